The van der Waals surface area contributed by atoms with Crippen molar-refractivity contribution in [2.75, 3.05) is 30.4 Å². The molecule has 0 N–H and O–H groups in total. The van der Waals surface area contributed by atoms with Gasteiger partial charge in [0.25, 0.3) is 0 Å². The maximum atomic E-state index is 4.75. The van der Waals surface area contributed by atoms with Gasteiger partial charge in [0.05, 0.1) is 11.7 Å². The molecule has 1 atom stereocenters. The summed E-state index contributed by atoms with van der Waals surface area (Å²) in [5.74, 6) is 0.801. The molecule has 1 aliphatic rings. The first-order chi connectivity index (χ1) is 10.1. The van der Waals surface area contributed by atoms with Crippen LogP contribution in [0.2, 0.25) is 0 Å². The molecule has 0 unspecified atom stereocenters. The second kappa shape index (κ2) is 5.68. The number of aromatic nitrogens is 3. The monoisotopic (exact) mass is 283 g/mol. The van der Waals surface area contributed by atoms with Gasteiger partial charge >= 0.3 is 0 Å². The van der Waals surface area contributed by atoms with Crippen molar-refractivity contribution in [3.05, 3.63) is 42.0 Å². The fraction of sp³-hybridized carbons (Fsp3) is 0.438. The predicted octanol–water partition coefficient (Wildman–Crippen LogP) is 2.59. The first-order valence-electron chi connectivity index (χ1n) is 7.35. The number of hydrogen-bond acceptors (Lipinski definition) is 5. The van der Waals surface area contributed by atoms with Crippen molar-refractivity contribution in [2.24, 2.45) is 0 Å². The van der Waals surface area contributed by atoms with Gasteiger partial charge in [-0.25, -0.2) is 9.97 Å². The van der Waals surface area contributed by atoms with E-state index in [4.69, 9.17) is 4.98 Å². The minimum Gasteiger partial charge on any atom is -0.378 e. The van der Waals surface area contributed by atoms with Crippen LogP contribution in [-0.2, 0) is 0 Å². The highest BCUT2D eigenvalue weighted by molar-refractivity contribution is 5.49. The highest BCUT2D eigenvalue weighted by Gasteiger charge is 2.29. The van der Waals surface area contributed by atoms with Gasteiger partial charge in [-0.05, 0) is 38.0 Å². The average molecular weight is 283 g/mol. The van der Waals surface area contributed by atoms with E-state index in [1.807, 2.05) is 6.07 Å². The van der Waals surface area contributed by atoms with Crippen molar-refractivity contribution in [3.63, 3.8) is 0 Å². The van der Waals surface area contributed by atoms with Gasteiger partial charge in [0.2, 0.25) is 5.95 Å². The van der Waals surface area contributed by atoms with Crippen LogP contribution in [0.4, 0.5) is 11.6 Å². The standard InChI is InChI=1S/C16H21N5/c1-12-10-13(20(2)3)11-14(19-12)15-6-4-9-21(15)16-17-7-5-8-18-16/h5,7-8,10-11,15H,4,6,9H2,1-3H3/t15-/m0/s1. The molecule has 0 aliphatic carbocycles. The number of aryl methyl sites for hydroxylation is 1. The number of nitrogens with zero attached hydrogens (tertiary/aromatic N) is 5. The van der Waals surface area contributed by atoms with Crippen molar-refractivity contribution in [1.82, 2.24) is 15.0 Å². The maximum absolute atomic E-state index is 4.75. The van der Waals surface area contributed by atoms with E-state index >= 15 is 0 Å². The van der Waals surface area contributed by atoms with Gasteiger partial charge in [0, 0.05) is 44.4 Å². The Morgan fingerprint density at radius 1 is 1.19 bits per heavy atom. The Bertz CT molecular complexity index is 611. The predicted molar refractivity (Wildman–Crippen MR) is 84.7 cm³/mol. The second-order valence-corrected chi connectivity index (χ2v) is 5.69. The third-order valence-electron chi connectivity index (χ3n) is 3.88. The first kappa shape index (κ1) is 13.8. The zero-order chi connectivity index (χ0) is 14.8. The maximum Gasteiger partial charge on any atom is 0.225 e. The Kier molecular flexibility index (Phi) is 3.73. The summed E-state index contributed by atoms with van der Waals surface area (Å²) >= 11 is 0. The van der Waals surface area contributed by atoms with Crippen molar-refractivity contribution in [1.29, 1.82) is 0 Å². The number of hydrogen-bond donors (Lipinski definition) is 0. The Hall–Kier alpha value is -2.17. The van der Waals surface area contributed by atoms with Gasteiger partial charge in [-0.2, -0.15) is 0 Å². The molecule has 1 saturated heterocycles. The summed E-state index contributed by atoms with van der Waals surface area (Å²) in [4.78, 5) is 17.9. The minimum absolute atomic E-state index is 0.269. The van der Waals surface area contributed by atoms with Crippen molar-refractivity contribution in [3.8, 4) is 0 Å². The van der Waals surface area contributed by atoms with Crippen molar-refractivity contribution >= 4 is 11.6 Å². The molecule has 0 aromatic carbocycles. The number of rotatable bonds is 3. The normalized spacial score (nSPS) is 18.0. The molecule has 1 fully saturated rings. The number of pyridine rings is 1. The second-order valence-electron chi connectivity index (χ2n) is 5.69. The zero-order valence-electron chi connectivity index (χ0n) is 12.8. The van der Waals surface area contributed by atoms with Crippen LogP contribution in [0.1, 0.15) is 30.3 Å². The summed E-state index contributed by atoms with van der Waals surface area (Å²) in [5.41, 5.74) is 3.36. The molecule has 5 heteroatoms. The van der Waals surface area contributed by atoms with E-state index in [9.17, 15) is 0 Å². The van der Waals surface area contributed by atoms with Gasteiger partial charge in [-0.1, -0.05) is 0 Å². The molecule has 5 nitrogen and oxygen atoms in total. The summed E-state index contributed by atoms with van der Waals surface area (Å²) in [6, 6.07) is 6.41. The molecule has 0 bridgehead atoms. The van der Waals surface area contributed by atoms with Crippen LogP contribution >= 0.6 is 0 Å². The van der Waals surface area contributed by atoms with Gasteiger partial charge < -0.3 is 9.80 Å². The van der Waals surface area contributed by atoms with Crippen LogP contribution in [0.25, 0.3) is 0 Å². The Balaban J connectivity index is 1.95. The zero-order valence-corrected chi connectivity index (χ0v) is 12.8. The van der Waals surface area contributed by atoms with Crippen LogP contribution in [0, 0.1) is 6.92 Å². The van der Waals surface area contributed by atoms with Crippen LogP contribution in [0.15, 0.2) is 30.6 Å². The molecule has 0 saturated carbocycles. The topological polar surface area (TPSA) is 45.2 Å². The highest BCUT2D eigenvalue weighted by atomic mass is 15.3. The lowest BCUT2D eigenvalue weighted by atomic mass is 10.1. The lowest BCUT2D eigenvalue weighted by Crippen LogP contribution is -2.25. The molecule has 3 heterocycles. The molecule has 1 aliphatic heterocycles. The summed E-state index contributed by atoms with van der Waals surface area (Å²) in [6.45, 7) is 3.04. The molecular weight excluding hydrogens is 262 g/mol. The third kappa shape index (κ3) is 2.82. The smallest absolute Gasteiger partial charge is 0.225 e. The highest BCUT2D eigenvalue weighted by Crippen LogP contribution is 2.34. The molecule has 110 valence electrons. The number of anilines is 2. The molecule has 0 amide bonds. The van der Waals surface area contributed by atoms with Gasteiger partial charge in [0.15, 0.2) is 0 Å². The Labute approximate surface area is 125 Å². The van der Waals surface area contributed by atoms with Gasteiger partial charge in [-0.15, -0.1) is 0 Å². The van der Waals surface area contributed by atoms with E-state index in [0.717, 1.165) is 36.7 Å². The molecule has 2 aromatic heterocycles. The summed E-state index contributed by atoms with van der Waals surface area (Å²) in [7, 11) is 4.12. The lowest BCUT2D eigenvalue weighted by molar-refractivity contribution is 0.676. The third-order valence-corrected chi connectivity index (χ3v) is 3.88. The van der Waals surface area contributed by atoms with Gasteiger partial charge in [-0.3, -0.25) is 4.98 Å². The molecule has 0 spiro atoms. The Morgan fingerprint density at radius 2 is 1.95 bits per heavy atom. The molecular formula is C16H21N5. The molecule has 2 aromatic rings. The summed E-state index contributed by atoms with van der Waals surface area (Å²) in [6.07, 6.45) is 5.84. The van der Waals surface area contributed by atoms with E-state index in [2.05, 4.69) is 52.9 Å². The van der Waals surface area contributed by atoms with E-state index in [1.54, 1.807) is 12.4 Å². The van der Waals surface area contributed by atoms with E-state index in [-0.39, 0.29) is 6.04 Å². The summed E-state index contributed by atoms with van der Waals surface area (Å²) < 4.78 is 0. The Morgan fingerprint density at radius 3 is 2.67 bits per heavy atom. The first-order valence-corrected chi connectivity index (χ1v) is 7.35. The lowest BCUT2D eigenvalue weighted by Gasteiger charge is -2.25. The molecule has 3 rings (SSSR count). The van der Waals surface area contributed by atoms with E-state index < -0.39 is 0 Å². The van der Waals surface area contributed by atoms with E-state index in [0.29, 0.717) is 0 Å². The van der Waals surface area contributed by atoms with Crippen LogP contribution in [0.5, 0.6) is 0 Å². The minimum atomic E-state index is 0.269. The molecule has 21 heavy (non-hydrogen) atoms. The van der Waals surface area contributed by atoms with Crippen LogP contribution in [0.3, 0.4) is 0 Å². The van der Waals surface area contributed by atoms with Crippen LogP contribution in [-0.4, -0.2) is 35.6 Å². The largest absolute Gasteiger partial charge is 0.378 e. The molecule has 0 radical (unpaired) electrons. The van der Waals surface area contributed by atoms with Crippen LogP contribution < -0.4 is 9.80 Å². The summed E-state index contributed by atoms with van der Waals surface area (Å²) in [5, 5.41) is 0. The van der Waals surface area contributed by atoms with Gasteiger partial charge in [0.1, 0.15) is 0 Å². The average Bonchev–Trinajstić information content (AvgIpc) is 2.97. The van der Waals surface area contributed by atoms with E-state index in [1.165, 1.54) is 5.69 Å². The SMILES string of the molecule is Cc1cc(N(C)C)cc([C@@H]2CCCN2c2ncccn2)n1. The fourth-order valence-corrected chi connectivity index (χ4v) is 2.86. The fourth-order valence-electron chi connectivity index (χ4n) is 2.86. The quantitative estimate of drug-likeness (QED) is 0.866. The van der Waals surface area contributed by atoms with Crippen molar-refractivity contribution < 1.29 is 0 Å². The van der Waals surface area contributed by atoms with Crippen molar-refractivity contribution in [2.45, 2.75) is 25.8 Å².